The predicted octanol–water partition coefficient (Wildman–Crippen LogP) is 6.20. The van der Waals surface area contributed by atoms with E-state index in [1.165, 1.54) is 36.4 Å². The molecule has 2 atom stereocenters. The van der Waals surface area contributed by atoms with Crippen LogP contribution in [-0.2, 0) is 9.59 Å². The minimum absolute atomic E-state index is 0.0950. The van der Waals surface area contributed by atoms with Crippen molar-refractivity contribution in [2.24, 2.45) is 0 Å². The molecule has 2 aromatic carbocycles. The molecule has 164 valence electrons. The number of hydrogen-bond donors (Lipinski definition) is 0. The largest absolute Gasteiger partial charge is 0.333 e. The molecular formula is C20H14Cl4F2N2O3. The normalized spacial score (nSPS) is 16.6. The SMILES string of the molecule is O=C1CC(=O)N(C[C@H](F)c2ccc(Cl)c(Cl)c2)C(=O)N1C[C@@H](F)c1ccc(Cl)c(Cl)c1. The average Bonchev–Trinajstić information content (AvgIpc) is 2.72. The standard InChI is InChI=1S/C20H14Cl4F2N2O3/c21-12-3-1-10(5-14(12)23)16(25)8-27-18(29)7-19(30)28(20(27)31)9-17(26)11-2-4-13(22)15(24)6-11/h1-6,16-17H,7-9H2/t16-,17+. The number of alkyl halides is 2. The Labute approximate surface area is 196 Å². The molecule has 5 nitrogen and oxygen atoms in total. The number of amides is 4. The van der Waals surface area contributed by atoms with Crippen LogP contribution >= 0.6 is 46.4 Å². The summed E-state index contributed by atoms with van der Waals surface area (Å²) in [6.45, 7) is -1.33. The van der Waals surface area contributed by atoms with Crippen molar-refractivity contribution in [3.05, 3.63) is 67.6 Å². The van der Waals surface area contributed by atoms with E-state index >= 15 is 0 Å². The van der Waals surface area contributed by atoms with E-state index in [4.69, 9.17) is 46.4 Å². The first-order chi connectivity index (χ1) is 14.6. The van der Waals surface area contributed by atoms with Crippen molar-refractivity contribution >= 4 is 64.2 Å². The molecule has 1 aliphatic rings. The van der Waals surface area contributed by atoms with Gasteiger partial charge in [-0.05, 0) is 35.4 Å². The summed E-state index contributed by atoms with van der Waals surface area (Å²) in [6.07, 6.45) is -4.25. The van der Waals surface area contributed by atoms with E-state index in [9.17, 15) is 23.2 Å². The highest BCUT2D eigenvalue weighted by Gasteiger charge is 2.40. The molecule has 1 fully saturated rings. The molecule has 0 radical (unpaired) electrons. The number of imide groups is 2. The van der Waals surface area contributed by atoms with Crippen molar-refractivity contribution in [1.29, 1.82) is 0 Å². The van der Waals surface area contributed by atoms with Crippen LogP contribution in [0.3, 0.4) is 0 Å². The van der Waals surface area contributed by atoms with E-state index in [1.807, 2.05) is 0 Å². The van der Waals surface area contributed by atoms with Gasteiger partial charge in [0.1, 0.15) is 18.8 Å². The maximum absolute atomic E-state index is 14.8. The molecule has 0 bridgehead atoms. The van der Waals surface area contributed by atoms with E-state index in [0.29, 0.717) is 9.80 Å². The number of halogens is 6. The van der Waals surface area contributed by atoms with Crippen LogP contribution in [0.25, 0.3) is 0 Å². The molecule has 1 heterocycles. The molecule has 1 aliphatic heterocycles. The summed E-state index contributed by atoms with van der Waals surface area (Å²) in [5.41, 5.74) is 0.190. The first-order valence-electron chi connectivity index (χ1n) is 8.91. The summed E-state index contributed by atoms with van der Waals surface area (Å²) in [6, 6.07) is 6.94. The lowest BCUT2D eigenvalue weighted by Gasteiger charge is -2.34. The molecule has 0 saturated carbocycles. The van der Waals surface area contributed by atoms with E-state index < -0.39 is 49.7 Å². The topological polar surface area (TPSA) is 57.7 Å². The number of barbiturate groups is 1. The van der Waals surface area contributed by atoms with E-state index in [2.05, 4.69) is 0 Å². The van der Waals surface area contributed by atoms with E-state index in [1.54, 1.807) is 0 Å². The second-order valence-corrected chi connectivity index (χ2v) is 8.38. The van der Waals surface area contributed by atoms with Crippen LogP contribution in [0.5, 0.6) is 0 Å². The van der Waals surface area contributed by atoms with Crippen LogP contribution in [0.4, 0.5) is 13.6 Å². The Balaban J connectivity index is 1.76. The maximum Gasteiger partial charge on any atom is 0.333 e. The Kier molecular flexibility index (Phi) is 7.42. The minimum atomic E-state index is -1.78. The summed E-state index contributed by atoms with van der Waals surface area (Å²) < 4.78 is 29.5. The molecule has 1 saturated heterocycles. The van der Waals surface area contributed by atoms with Gasteiger partial charge in [-0.25, -0.2) is 13.6 Å². The molecule has 0 aliphatic carbocycles. The van der Waals surface area contributed by atoms with E-state index in [0.717, 1.165) is 0 Å². The first kappa shape index (κ1) is 23.7. The highest BCUT2D eigenvalue weighted by atomic mass is 35.5. The average molecular weight is 510 g/mol. The van der Waals surface area contributed by atoms with Gasteiger partial charge in [-0.1, -0.05) is 58.5 Å². The predicted molar refractivity (Wildman–Crippen MR) is 114 cm³/mol. The second kappa shape index (κ2) is 9.69. The molecule has 11 heteroatoms. The van der Waals surface area contributed by atoms with Gasteiger partial charge in [0.2, 0.25) is 11.8 Å². The van der Waals surface area contributed by atoms with Gasteiger partial charge in [-0.15, -0.1) is 0 Å². The highest BCUT2D eigenvalue weighted by Crippen LogP contribution is 2.31. The molecule has 0 spiro atoms. The van der Waals surface area contributed by atoms with Crippen LogP contribution < -0.4 is 0 Å². The van der Waals surface area contributed by atoms with Crippen molar-refractivity contribution in [1.82, 2.24) is 9.80 Å². The first-order valence-corrected chi connectivity index (χ1v) is 10.4. The monoisotopic (exact) mass is 508 g/mol. The Morgan fingerprint density at radius 1 is 0.710 bits per heavy atom. The zero-order chi connectivity index (χ0) is 22.9. The van der Waals surface area contributed by atoms with Crippen LogP contribution in [0.1, 0.15) is 29.9 Å². The quantitative estimate of drug-likeness (QED) is 0.435. The molecular weight excluding hydrogens is 496 g/mol. The van der Waals surface area contributed by atoms with Crippen molar-refractivity contribution in [3.8, 4) is 0 Å². The Morgan fingerprint density at radius 3 is 1.45 bits per heavy atom. The van der Waals surface area contributed by atoms with Gasteiger partial charge in [0, 0.05) is 0 Å². The van der Waals surface area contributed by atoms with Crippen molar-refractivity contribution in [2.75, 3.05) is 13.1 Å². The van der Waals surface area contributed by atoms with Gasteiger partial charge in [-0.2, -0.15) is 0 Å². The number of benzene rings is 2. The Morgan fingerprint density at radius 2 is 1.10 bits per heavy atom. The lowest BCUT2D eigenvalue weighted by atomic mass is 10.1. The van der Waals surface area contributed by atoms with Gasteiger partial charge in [-0.3, -0.25) is 19.4 Å². The smallest absolute Gasteiger partial charge is 0.274 e. The maximum atomic E-state index is 14.8. The van der Waals surface area contributed by atoms with Gasteiger partial charge in [0.25, 0.3) is 0 Å². The zero-order valence-electron chi connectivity index (χ0n) is 15.6. The number of carbonyl (C=O) groups excluding carboxylic acids is 3. The Bertz CT molecular complexity index is 974. The molecule has 3 rings (SSSR count). The summed E-state index contributed by atoms with van der Waals surface area (Å²) in [5.74, 6) is -1.75. The lowest BCUT2D eigenvalue weighted by molar-refractivity contribution is -0.143. The van der Waals surface area contributed by atoms with Crippen molar-refractivity contribution in [3.63, 3.8) is 0 Å². The summed E-state index contributed by atoms with van der Waals surface area (Å²) in [5, 5.41) is 0.653. The third-order valence-electron chi connectivity index (χ3n) is 4.66. The number of carbonyl (C=O) groups is 3. The van der Waals surface area contributed by atoms with Crippen molar-refractivity contribution < 1.29 is 23.2 Å². The van der Waals surface area contributed by atoms with Crippen LogP contribution in [0.2, 0.25) is 20.1 Å². The molecule has 0 N–H and O–H groups in total. The third kappa shape index (κ3) is 5.29. The fraction of sp³-hybridized carbons (Fsp3) is 0.250. The third-order valence-corrected chi connectivity index (χ3v) is 6.14. The highest BCUT2D eigenvalue weighted by molar-refractivity contribution is 6.42. The summed E-state index contributed by atoms with van der Waals surface area (Å²) in [7, 11) is 0. The van der Waals surface area contributed by atoms with Crippen LogP contribution in [-0.4, -0.2) is 40.7 Å². The van der Waals surface area contributed by atoms with Gasteiger partial charge < -0.3 is 0 Å². The molecule has 4 amide bonds. The van der Waals surface area contributed by atoms with Crippen molar-refractivity contribution in [2.45, 2.75) is 18.8 Å². The van der Waals surface area contributed by atoms with Crippen LogP contribution in [0, 0.1) is 0 Å². The molecule has 2 aromatic rings. The fourth-order valence-corrected chi connectivity index (χ4v) is 3.60. The molecule has 31 heavy (non-hydrogen) atoms. The zero-order valence-corrected chi connectivity index (χ0v) is 18.7. The number of hydrogen-bond acceptors (Lipinski definition) is 3. The lowest BCUT2D eigenvalue weighted by Crippen LogP contribution is -2.56. The summed E-state index contributed by atoms with van der Waals surface area (Å²) in [4.78, 5) is 38.3. The van der Waals surface area contributed by atoms with Gasteiger partial charge >= 0.3 is 6.03 Å². The minimum Gasteiger partial charge on any atom is -0.274 e. The van der Waals surface area contributed by atoms with E-state index in [-0.39, 0.29) is 31.2 Å². The number of rotatable bonds is 6. The Hall–Kier alpha value is -1.93. The number of urea groups is 1. The van der Waals surface area contributed by atoms with Crippen LogP contribution in [0.15, 0.2) is 36.4 Å². The molecule has 0 unspecified atom stereocenters. The summed E-state index contributed by atoms with van der Waals surface area (Å²) >= 11 is 23.4. The number of nitrogens with zero attached hydrogens (tertiary/aromatic N) is 2. The second-order valence-electron chi connectivity index (χ2n) is 6.75. The fourth-order valence-electron chi connectivity index (χ4n) is 2.98. The molecule has 0 aromatic heterocycles. The van der Waals surface area contributed by atoms with Gasteiger partial charge in [0.15, 0.2) is 0 Å². The van der Waals surface area contributed by atoms with Gasteiger partial charge in [0.05, 0.1) is 33.2 Å².